The summed E-state index contributed by atoms with van der Waals surface area (Å²) >= 11 is 0. The van der Waals surface area contributed by atoms with Crippen molar-refractivity contribution in [3.63, 3.8) is 0 Å². The Kier molecular flexibility index (Phi) is 3.04. The van der Waals surface area contributed by atoms with Crippen LogP contribution in [0, 0.1) is 5.82 Å². The topological polar surface area (TPSA) is 70.3 Å². The molecule has 0 fully saturated rings. The van der Waals surface area contributed by atoms with Crippen LogP contribution in [0.4, 0.5) is 10.2 Å². The molecule has 0 aliphatic rings. The molecule has 0 saturated carbocycles. The highest BCUT2D eigenvalue weighted by Crippen LogP contribution is 2.32. The van der Waals surface area contributed by atoms with Gasteiger partial charge in [-0.05, 0) is 24.3 Å². The molecule has 0 unspecified atom stereocenters. The minimum absolute atomic E-state index is 0.180. The molecule has 2 N–H and O–H groups in total. The zero-order valence-corrected chi connectivity index (χ0v) is 9.05. The number of nitrogen functional groups attached to an aromatic ring is 1. The molecule has 1 aromatic heterocycles. The van der Waals surface area contributed by atoms with Gasteiger partial charge in [0.05, 0.1) is 7.11 Å². The van der Waals surface area contributed by atoms with E-state index in [1.54, 1.807) is 0 Å². The maximum absolute atomic E-state index is 12.7. The van der Waals surface area contributed by atoms with E-state index in [1.807, 2.05) is 0 Å². The molecule has 0 spiro atoms. The number of anilines is 1. The maximum Gasteiger partial charge on any atom is 0.268 e. The average Bonchev–Trinajstić information content (AvgIpc) is 2.32. The van der Waals surface area contributed by atoms with E-state index in [0.717, 1.165) is 0 Å². The first-order valence-corrected chi connectivity index (χ1v) is 4.78. The molecule has 0 radical (unpaired) electrons. The van der Waals surface area contributed by atoms with Crippen LogP contribution in [0.1, 0.15) is 0 Å². The number of rotatable bonds is 3. The van der Waals surface area contributed by atoms with Crippen LogP contribution in [0.25, 0.3) is 0 Å². The van der Waals surface area contributed by atoms with Gasteiger partial charge in [0.25, 0.3) is 5.88 Å². The highest BCUT2D eigenvalue weighted by molar-refractivity contribution is 5.52. The molecule has 0 aliphatic heterocycles. The van der Waals surface area contributed by atoms with Crippen LogP contribution in [-0.4, -0.2) is 17.1 Å². The Labute approximate surface area is 97.0 Å². The molecule has 1 aromatic carbocycles. The lowest BCUT2D eigenvalue weighted by Gasteiger charge is -2.09. The molecule has 88 valence electrons. The molecule has 0 bridgehead atoms. The molecule has 17 heavy (non-hydrogen) atoms. The summed E-state index contributed by atoms with van der Waals surface area (Å²) in [4.78, 5) is 7.66. The Bertz CT molecular complexity index is 517. The molecule has 2 rings (SSSR count). The molecule has 0 amide bonds. The van der Waals surface area contributed by atoms with Crippen molar-refractivity contribution in [1.29, 1.82) is 0 Å². The van der Waals surface area contributed by atoms with Gasteiger partial charge in [-0.2, -0.15) is 4.98 Å². The van der Waals surface area contributed by atoms with E-state index in [-0.39, 0.29) is 23.3 Å². The predicted molar refractivity (Wildman–Crippen MR) is 59.5 cm³/mol. The van der Waals surface area contributed by atoms with Crippen molar-refractivity contribution in [3.8, 4) is 17.4 Å². The largest absolute Gasteiger partial charge is 0.489 e. The van der Waals surface area contributed by atoms with Crippen LogP contribution in [0.15, 0.2) is 30.6 Å². The van der Waals surface area contributed by atoms with Crippen LogP contribution in [-0.2, 0) is 0 Å². The highest BCUT2D eigenvalue weighted by Gasteiger charge is 2.11. The lowest BCUT2D eigenvalue weighted by atomic mass is 10.3. The SMILES string of the molecule is COc1c(N)ncnc1Oc1ccc(F)cc1. The van der Waals surface area contributed by atoms with Crippen LogP contribution in [0.3, 0.4) is 0 Å². The van der Waals surface area contributed by atoms with Gasteiger partial charge < -0.3 is 15.2 Å². The first kappa shape index (κ1) is 11.1. The minimum atomic E-state index is -0.341. The fourth-order valence-corrected chi connectivity index (χ4v) is 1.25. The maximum atomic E-state index is 12.7. The number of hydrogen-bond acceptors (Lipinski definition) is 5. The number of aromatic nitrogens is 2. The highest BCUT2D eigenvalue weighted by atomic mass is 19.1. The third-order valence-corrected chi connectivity index (χ3v) is 2.03. The lowest BCUT2D eigenvalue weighted by Crippen LogP contribution is -2.00. The summed E-state index contributed by atoms with van der Waals surface area (Å²) in [6.07, 6.45) is 1.26. The van der Waals surface area contributed by atoms with Crippen LogP contribution in [0.5, 0.6) is 17.4 Å². The van der Waals surface area contributed by atoms with Gasteiger partial charge in [0, 0.05) is 0 Å². The van der Waals surface area contributed by atoms with Crippen molar-refractivity contribution in [2.45, 2.75) is 0 Å². The number of ether oxygens (including phenoxy) is 2. The van der Waals surface area contributed by atoms with E-state index < -0.39 is 0 Å². The summed E-state index contributed by atoms with van der Waals surface area (Å²) in [6, 6.07) is 5.53. The average molecular weight is 235 g/mol. The number of nitrogens with zero attached hydrogens (tertiary/aromatic N) is 2. The van der Waals surface area contributed by atoms with Gasteiger partial charge in [-0.1, -0.05) is 0 Å². The Morgan fingerprint density at radius 2 is 1.88 bits per heavy atom. The molecule has 6 heteroatoms. The Hall–Kier alpha value is -2.37. The van der Waals surface area contributed by atoms with Crippen molar-refractivity contribution in [3.05, 3.63) is 36.4 Å². The molecule has 0 aliphatic carbocycles. The molecule has 0 saturated heterocycles. The van der Waals surface area contributed by atoms with Crippen LogP contribution in [0.2, 0.25) is 0 Å². The van der Waals surface area contributed by atoms with Crippen molar-refractivity contribution < 1.29 is 13.9 Å². The smallest absolute Gasteiger partial charge is 0.268 e. The van der Waals surface area contributed by atoms with E-state index in [1.165, 1.54) is 37.7 Å². The van der Waals surface area contributed by atoms with Crippen molar-refractivity contribution in [2.24, 2.45) is 0 Å². The number of halogens is 1. The van der Waals surface area contributed by atoms with Crippen LogP contribution >= 0.6 is 0 Å². The normalized spacial score (nSPS) is 10.0. The Balaban J connectivity index is 2.29. The number of nitrogens with two attached hydrogens (primary N) is 1. The molecule has 2 aromatic rings. The van der Waals surface area contributed by atoms with Gasteiger partial charge in [0.2, 0.25) is 5.75 Å². The fraction of sp³-hybridized carbons (Fsp3) is 0.0909. The molecular formula is C11H10FN3O2. The third kappa shape index (κ3) is 2.41. The quantitative estimate of drug-likeness (QED) is 0.881. The summed E-state index contributed by atoms with van der Waals surface area (Å²) in [5.41, 5.74) is 5.59. The van der Waals surface area contributed by atoms with E-state index in [4.69, 9.17) is 15.2 Å². The second-order valence-corrected chi connectivity index (χ2v) is 3.15. The first-order valence-electron chi connectivity index (χ1n) is 4.78. The number of hydrogen-bond donors (Lipinski definition) is 1. The van der Waals surface area contributed by atoms with Gasteiger partial charge in [0.15, 0.2) is 5.82 Å². The molecule has 5 nitrogen and oxygen atoms in total. The zero-order chi connectivity index (χ0) is 12.3. The fourth-order valence-electron chi connectivity index (χ4n) is 1.25. The lowest BCUT2D eigenvalue weighted by molar-refractivity contribution is 0.369. The van der Waals surface area contributed by atoms with Crippen molar-refractivity contribution >= 4 is 5.82 Å². The molecule has 1 heterocycles. The molecular weight excluding hydrogens is 225 g/mol. The summed E-state index contributed by atoms with van der Waals surface area (Å²) < 4.78 is 23.1. The number of benzene rings is 1. The zero-order valence-electron chi connectivity index (χ0n) is 9.05. The molecule has 0 atom stereocenters. The summed E-state index contributed by atoms with van der Waals surface area (Å²) in [5, 5.41) is 0. The second kappa shape index (κ2) is 4.65. The van der Waals surface area contributed by atoms with E-state index in [2.05, 4.69) is 9.97 Å². The van der Waals surface area contributed by atoms with E-state index in [9.17, 15) is 4.39 Å². The van der Waals surface area contributed by atoms with Gasteiger partial charge in [-0.3, -0.25) is 0 Å². The summed E-state index contributed by atoms with van der Waals surface area (Å²) in [5.74, 6) is 0.706. The summed E-state index contributed by atoms with van der Waals surface area (Å²) in [6.45, 7) is 0. The third-order valence-electron chi connectivity index (χ3n) is 2.03. The minimum Gasteiger partial charge on any atom is -0.489 e. The second-order valence-electron chi connectivity index (χ2n) is 3.15. The van der Waals surface area contributed by atoms with Crippen molar-refractivity contribution in [1.82, 2.24) is 9.97 Å². The van der Waals surface area contributed by atoms with Gasteiger partial charge in [-0.15, -0.1) is 0 Å². The van der Waals surface area contributed by atoms with Gasteiger partial charge in [0.1, 0.15) is 17.9 Å². The van der Waals surface area contributed by atoms with Crippen molar-refractivity contribution in [2.75, 3.05) is 12.8 Å². The Morgan fingerprint density at radius 3 is 2.53 bits per heavy atom. The predicted octanol–water partition coefficient (Wildman–Crippen LogP) is 2.00. The van der Waals surface area contributed by atoms with E-state index in [0.29, 0.717) is 5.75 Å². The number of methoxy groups -OCH3 is 1. The summed E-state index contributed by atoms with van der Waals surface area (Å²) in [7, 11) is 1.44. The monoisotopic (exact) mass is 235 g/mol. The van der Waals surface area contributed by atoms with Gasteiger partial charge in [-0.25, -0.2) is 9.37 Å². The standard InChI is InChI=1S/C11H10FN3O2/c1-16-9-10(13)14-6-15-11(9)17-8-4-2-7(12)3-5-8/h2-6H,1H3,(H2,13,14,15). The van der Waals surface area contributed by atoms with Crippen LogP contribution < -0.4 is 15.2 Å². The van der Waals surface area contributed by atoms with Gasteiger partial charge >= 0.3 is 0 Å². The van der Waals surface area contributed by atoms with E-state index >= 15 is 0 Å². The first-order chi connectivity index (χ1) is 8.20. The Morgan fingerprint density at radius 1 is 1.18 bits per heavy atom.